The number of benzene rings is 2. The molecule has 2 aromatic carbocycles. The molecule has 1 atom stereocenters. The van der Waals surface area contributed by atoms with E-state index >= 15 is 0 Å². The number of carboxylic acid groups (broad SMARTS) is 1. The molecule has 3 N–H and O–H groups in total. The van der Waals surface area contributed by atoms with Gasteiger partial charge in [-0.05, 0) is 23.8 Å². The number of nitro benzene ring substituents is 1. The molecule has 0 aliphatic carbocycles. The number of carbonyl (C=O) groups is 1. The molecule has 7 nitrogen and oxygen atoms in total. The van der Waals surface area contributed by atoms with E-state index in [1.165, 1.54) is 36.4 Å². The number of aliphatic carboxylic acids is 1. The third-order valence-corrected chi connectivity index (χ3v) is 3.28. The van der Waals surface area contributed by atoms with Crippen LogP contribution >= 0.6 is 0 Å². The Morgan fingerprint density at radius 1 is 1.33 bits per heavy atom. The zero-order valence-electron chi connectivity index (χ0n) is 12.5. The smallest absolute Gasteiger partial charge is 0.305 e. The van der Waals surface area contributed by atoms with E-state index in [0.29, 0.717) is 5.56 Å². The van der Waals surface area contributed by atoms with Crippen LogP contribution in [0.1, 0.15) is 23.6 Å². The fraction of sp³-hybridized carbons (Fsp3) is 0.188. The van der Waals surface area contributed by atoms with Crippen LogP contribution < -0.4 is 10.5 Å². The van der Waals surface area contributed by atoms with E-state index in [2.05, 4.69) is 0 Å². The number of nitrogens with zero attached hydrogens (tertiary/aromatic N) is 1. The van der Waals surface area contributed by atoms with Crippen LogP contribution in [0.5, 0.6) is 5.75 Å². The highest BCUT2D eigenvalue weighted by atomic mass is 19.1. The Balaban J connectivity index is 2.26. The van der Waals surface area contributed by atoms with E-state index in [9.17, 15) is 19.3 Å². The Kier molecular flexibility index (Phi) is 5.43. The molecule has 1 unspecified atom stereocenters. The molecule has 0 spiro atoms. The molecule has 0 saturated heterocycles. The van der Waals surface area contributed by atoms with Crippen LogP contribution in [-0.4, -0.2) is 16.0 Å². The molecule has 2 aromatic rings. The van der Waals surface area contributed by atoms with Crippen molar-refractivity contribution < 1.29 is 24.0 Å². The Morgan fingerprint density at radius 2 is 2.08 bits per heavy atom. The molecule has 8 heteroatoms. The van der Waals surface area contributed by atoms with Crippen LogP contribution in [0.3, 0.4) is 0 Å². The van der Waals surface area contributed by atoms with Crippen molar-refractivity contribution in [2.24, 2.45) is 5.73 Å². The van der Waals surface area contributed by atoms with Gasteiger partial charge in [0.2, 0.25) is 0 Å². The Hall–Kier alpha value is -3.00. The first-order chi connectivity index (χ1) is 11.4. The minimum Gasteiger partial charge on any atom is -0.489 e. The van der Waals surface area contributed by atoms with E-state index < -0.39 is 29.2 Å². The molecule has 0 aliphatic heterocycles. The van der Waals surface area contributed by atoms with Crippen LogP contribution in [0.25, 0.3) is 0 Å². The second-order valence-electron chi connectivity index (χ2n) is 5.10. The van der Waals surface area contributed by atoms with Crippen LogP contribution in [0, 0.1) is 15.9 Å². The number of hydrogen-bond acceptors (Lipinski definition) is 5. The monoisotopic (exact) mass is 334 g/mol. The van der Waals surface area contributed by atoms with Crippen molar-refractivity contribution >= 4 is 11.7 Å². The number of hydrogen-bond donors (Lipinski definition) is 2. The lowest BCUT2D eigenvalue weighted by Crippen LogP contribution is -2.16. The van der Waals surface area contributed by atoms with Gasteiger partial charge < -0.3 is 15.6 Å². The van der Waals surface area contributed by atoms with Crippen molar-refractivity contribution in [2.75, 3.05) is 0 Å². The second kappa shape index (κ2) is 7.51. The van der Waals surface area contributed by atoms with Gasteiger partial charge in [0.15, 0.2) is 0 Å². The lowest BCUT2D eigenvalue weighted by molar-refractivity contribution is -0.385. The number of ether oxygens (including phenoxy) is 1. The van der Waals surface area contributed by atoms with E-state index in [1.54, 1.807) is 6.07 Å². The van der Waals surface area contributed by atoms with Crippen molar-refractivity contribution in [3.05, 3.63) is 69.5 Å². The normalized spacial score (nSPS) is 11.8. The Morgan fingerprint density at radius 3 is 2.71 bits per heavy atom. The topological polar surface area (TPSA) is 116 Å². The summed E-state index contributed by atoms with van der Waals surface area (Å²) in [5, 5.41) is 19.7. The number of rotatable bonds is 7. The summed E-state index contributed by atoms with van der Waals surface area (Å²) >= 11 is 0. The third kappa shape index (κ3) is 4.50. The van der Waals surface area contributed by atoms with Crippen LogP contribution in [0.2, 0.25) is 0 Å². The summed E-state index contributed by atoms with van der Waals surface area (Å²) in [5.41, 5.74) is 6.37. The maximum absolute atomic E-state index is 13.2. The summed E-state index contributed by atoms with van der Waals surface area (Å²) in [5.74, 6) is -1.33. The Labute approximate surface area is 136 Å². The van der Waals surface area contributed by atoms with Gasteiger partial charge in [-0.3, -0.25) is 14.9 Å². The number of halogens is 1. The van der Waals surface area contributed by atoms with E-state index in [0.717, 1.165) is 0 Å². The van der Waals surface area contributed by atoms with Crippen LogP contribution in [-0.2, 0) is 11.4 Å². The summed E-state index contributed by atoms with van der Waals surface area (Å²) < 4.78 is 18.7. The van der Waals surface area contributed by atoms with Gasteiger partial charge in [0, 0.05) is 23.7 Å². The molecular weight excluding hydrogens is 319 g/mol. The summed E-state index contributed by atoms with van der Waals surface area (Å²) in [4.78, 5) is 21.1. The standard InChI is InChI=1S/C16H15FN2O5/c17-11-3-1-2-10(6-11)9-24-15-5-4-12(19(22)23)7-13(15)14(18)8-16(20)21/h1-7,14H,8-9,18H2,(H,20,21). The number of carboxylic acids is 1. The fourth-order valence-electron chi connectivity index (χ4n) is 2.16. The quantitative estimate of drug-likeness (QED) is 0.594. The summed E-state index contributed by atoms with van der Waals surface area (Å²) in [6.07, 6.45) is -0.405. The first kappa shape index (κ1) is 17.4. The first-order valence-electron chi connectivity index (χ1n) is 7.00. The van der Waals surface area contributed by atoms with Crippen molar-refractivity contribution in [1.82, 2.24) is 0 Å². The highest BCUT2D eigenvalue weighted by molar-refractivity contribution is 5.68. The van der Waals surface area contributed by atoms with Crippen LogP contribution in [0.15, 0.2) is 42.5 Å². The average molecular weight is 334 g/mol. The highest BCUT2D eigenvalue weighted by Crippen LogP contribution is 2.30. The molecule has 0 amide bonds. The minimum absolute atomic E-state index is 0.0162. The van der Waals surface area contributed by atoms with Crippen molar-refractivity contribution in [2.45, 2.75) is 19.1 Å². The van der Waals surface area contributed by atoms with Gasteiger partial charge in [-0.15, -0.1) is 0 Å². The zero-order valence-corrected chi connectivity index (χ0v) is 12.5. The number of nitrogens with two attached hydrogens (primary N) is 1. The molecule has 0 saturated carbocycles. The maximum Gasteiger partial charge on any atom is 0.305 e. The molecule has 126 valence electrons. The molecule has 0 aliphatic rings. The molecular formula is C16H15FN2O5. The van der Waals surface area contributed by atoms with Crippen molar-refractivity contribution in [3.63, 3.8) is 0 Å². The van der Waals surface area contributed by atoms with Crippen molar-refractivity contribution in [3.8, 4) is 5.75 Å². The van der Waals surface area contributed by atoms with Gasteiger partial charge in [-0.2, -0.15) is 0 Å². The first-order valence-corrected chi connectivity index (χ1v) is 7.00. The van der Waals surface area contributed by atoms with Gasteiger partial charge >= 0.3 is 5.97 Å². The lowest BCUT2D eigenvalue weighted by atomic mass is 10.0. The van der Waals surface area contributed by atoms with Gasteiger partial charge in [-0.25, -0.2) is 4.39 Å². The molecule has 0 radical (unpaired) electrons. The molecule has 0 aromatic heterocycles. The maximum atomic E-state index is 13.2. The largest absolute Gasteiger partial charge is 0.489 e. The molecule has 0 bridgehead atoms. The fourth-order valence-corrected chi connectivity index (χ4v) is 2.16. The molecule has 0 heterocycles. The summed E-state index contributed by atoms with van der Waals surface area (Å²) in [6, 6.07) is 8.59. The number of non-ortho nitro benzene ring substituents is 1. The predicted molar refractivity (Wildman–Crippen MR) is 83.0 cm³/mol. The SMILES string of the molecule is NC(CC(=O)O)c1cc([N+](=O)[O-])ccc1OCc1cccc(F)c1. The predicted octanol–water partition coefficient (Wildman–Crippen LogP) is 2.79. The second-order valence-corrected chi connectivity index (χ2v) is 5.10. The van der Waals surface area contributed by atoms with E-state index in [1.807, 2.05) is 0 Å². The lowest BCUT2D eigenvalue weighted by Gasteiger charge is -2.15. The molecule has 2 rings (SSSR count). The minimum atomic E-state index is -1.13. The van der Waals surface area contributed by atoms with Gasteiger partial charge in [-0.1, -0.05) is 12.1 Å². The summed E-state index contributed by atoms with van der Waals surface area (Å²) in [7, 11) is 0. The van der Waals surface area contributed by atoms with Crippen molar-refractivity contribution in [1.29, 1.82) is 0 Å². The van der Waals surface area contributed by atoms with Gasteiger partial charge in [0.05, 0.1) is 11.3 Å². The van der Waals surface area contributed by atoms with E-state index in [4.69, 9.17) is 15.6 Å². The molecule has 0 fully saturated rings. The van der Waals surface area contributed by atoms with Gasteiger partial charge in [0.25, 0.3) is 5.69 Å². The third-order valence-electron chi connectivity index (χ3n) is 3.28. The number of nitro groups is 1. The van der Waals surface area contributed by atoms with E-state index in [-0.39, 0.29) is 23.6 Å². The van der Waals surface area contributed by atoms with Gasteiger partial charge in [0.1, 0.15) is 18.2 Å². The Bertz CT molecular complexity index is 766. The zero-order chi connectivity index (χ0) is 17.7. The summed E-state index contributed by atoms with van der Waals surface area (Å²) in [6.45, 7) is 0.0162. The molecule has 24 heavy (non-hydrogen) atoms. The van der Waals surface area contributed by atoms with Crippen LogP contribution in [0.4, 0.5) is 10.1 Å². The average Bonchev–Trinajstić information content (AvgIpc) is 2.52. The highest BCUT2D eigenvalue weighted by Gasteiger charge is 2.19.